The Kier molecular flexibility index (Phi) is 3.79. The molecule has 19 heavy (non-hydrogen) atoms. The molecule has 4 nitrogen and oxygen atoms in total. The molecule has 1 fully saturated rings. The summed E-state index contributed by atoms with van der Waals surface area (Å²) >= 11 is 0. The summed E-state index contributed by atoms with van der Waals surface area (Å²) < 4.78 is 5.32. The molecule has 0 unspecified atom stereocenters. The Balaban J connectivity index is 1.63. The first kappa shape index (κ1) is 12.2. The molecule has 2 N–H and O–H groups in total. The van der Waals surface area contributed by atoms with E-state index in [4.69, 9.17) is 4.42 Å². The summed E-state index contributed by atoms with van der Waals surface area (Å²) in [4.78, 5) is 3.95. The average Bonchev–Trinajstić information content (AvgIpc) is 3.01. The molecule has 100 valence electrons. The molecular formula is C15H19N3O. The minimum Gasteiger partial charge on any atom is -0.444 e. The summed E-state index contributed by atoms with van der Waals surface area (Å²) in [5, 5.41) is 6.92. The van der Waals surface area contributed by atoms with E-state index in [-0.39, 0.29) is 0 Å². The number of hydrogen-bond donors (Lipinski definition) is 2. The third-order valence-electron chi connectivity index (χ3n) is 3.63. The molecule has 1 aromatic heterocycles. The molecule has 2 heterocycles. The van der Waals surface area contributed by atoms with Crippen LogP contribution >= 0.6 is 0 Å². The first-order chi connectivity index (χ1) is 9.42. The highest BCUT2D eigenvalue weighted by Crippen LogP contribution is 2.22. The van der Waals surface area contributed by atoms with Crippen molar-refractivity contribution in [2.24, 2.45) is 5.92 Å². The lowest BCUT2D eigenvalue weighted by Gasteiger charge is -2.23. The van der Waals surface area contributed by atoms with Crippen molar-refractivity contribution in [3.8, 4) is 11.3 Å². The molecule has 3 rings (SSSR count). The molecule has 1 saturated heterocycles. The Hall–Kier alpha value is -1.81. The van der Waals surface area contributed by atoms with Gasteiger partial charge in [0.1, 0.15) is 0 Å². The molecular weight excluding hydrogens is 238 g/mol. The van der Waals surface area contributed by atoms with Gasteiger partial charge in [0.05, 0.1) is 6.20 Å². The summed E-state index contributed by atoms with van der Waals surface area (Å²) in [6, 6.07) is 8.29. The quantitative estimate of drug-likeness (QED) is 0.884. The van der Waals surface area contributed by atoms with E-state index < -0.39 is 0 Å². The second-order valence-electron chi connectivity index (χ2n) is 5.02. The second-order valence-corrected chi connectivity index (χ2v) is 5.02. The van der Waals surface area contributed by atoms with Gasteiger partial charge in [-0.1, -0.05) is 12.1 Å². The van der Waals surface area contributed by atoms with E-state index in [0.29, 0.717) is 0 Å². The van der Waals surface area contributed by atoms with Crippen LogP contribution < -0.4 is 10.6 Å². The van der Waals surface area contributed by atoms with Crippen molar-refractivity contribution in [2.75, 3.05) is 25.0 Å². The summed E-state index contributed by atoms with van der Waals surface area (Å²) in [6.45, 7) is 3.33. The van der Waals surface area contributed by atoms with Crippen molar-refractivity contribution in [1.29, 1.82) is 0 Å². The number of oxazole rings is 1. The van der Waals surface area contributed by atoms with Crippen molar-refractivity contribution in [3.63, 3.8) is 0 Å². The molecule has 1 aliphatic rings. The molecule has 0 aliphatic carbocycles. The summed E-state index contributed by atoms with van der Waals surface area (Å²) in [5.41, 5.74) is 2.21. The van der Waals surface area contributed by atoms with E-state index in [2.05, 4.69) is 27.8 Å². The Bertz CT molecular complexity index is 504. The molecule has 0 saturated carbocycles. The zero-order valence-corrected chi connectivity index (χ0v) is 10.9. The second kappa shape index (κ2) is 5.89. The van der Waals surface area contributed by atoms with Crippen LogP contribution in [0, 0.1) is 5.92 Å². The molecule has 0 atom stereocenters. The van der Waals surface area contributed by atoms with Crippen LogP contribution in [-0.2, 0) is 0 Å². The Morgan fingerprint density at radius 1 is 1.32 bits per heavy atom. The predicted octanol–water partition coefficient (Wildman–Crippen LogP) is 2.75. The molecule has 2 aromatic rings. The van der Waals surface area contributed by atoms with Crippen LogP contribution in [-0.4, -0.2) is 24.6 Å². The predicted molar refractivity (Wildman–Crippen MR) is 76.0 cm³/mol. The van der Waals surface area contributed by atoms with Gasteiger partial charge in [-0.05, 0) is 44.0 Å². The van der Waals surface area contributed by atoms with Crippen molar-refractivity contribution >= 4 is 5.69 Å². The van der Waals surface area contributed by atoms with E-state index in [1.807, 2.05) is 12.1 Å². The van der Waals surface area contributed by atoms with Gasteiger partial charge in [0, 0.05) is 17.8 Å². The van der Waals surface area contributed by atoms with Crippen LogP contribution in [0.3, 0.4) is 0 Å². The fourth-order valence-corrected chi connectivity index (χ4v) is 2.49. The van der Waals surface area contributed by atoms with Crippen LogP contribution in [0.4, 0.5) is 5.69 Å². The lowest BCUT2D eigenvalue weighted by Crippen LogP contribution is -2.31. The SMILES string of the molecule is c1cc(NCC2CCNCC2)cc(-c2cnco2)c1. The normalized spacial score (nSPS) is 16.4. The molecule has 1 aliphatic heterocycles. The molecule has 0 amide bonds. The number of benzene rings is 1. The number of nitrogens with zero attached hydrogens (tertiary/aromatic N) is 1. The molecule has 1 aromatic carbocycles. The van der Waals surface area contributed by atoms with Crippen LogP contribution in [0.25, 0.3) is 11.3 Å². The van der Waals surface area contributed by atoms with Gasteiger partial charge < -0.3 is 15.1 Å². The Labute approximate surface area is 113 Å². The fourth-order valence-electron chi connectivity index (χ4n) is 2.49. The lowest BCUT2D eigenvalue weighted by molar-refractivity contribution is 0.390. The maximum absolute atomic E-state index is 5.32. The topological polar surface area (TPSA) is 50.1 Å². The monoisotopic (exact) mass is 257 g/mol. The van der Waals surface area contributed by atoms with Crippen molar-refractivity contribution in [3.05, 3.63) is 36.9 Å². The minimum absolute atomic E-state index is 0.773. The Morgan fingerprint density at radius 2 is 2.21 bits per heavy atom. The van der Waals surface area contributed by atoms with Crippen molar-refractivity contribution in [2.45, 2.75) is 12.8 Å². The largest absolute Gasteiger partial charge is 0.444 e. The summed E-state index contributed by atoms with van der Waals surface area (Å²) in [5.74, 6) is 1.58. The van der Waals surface area contributed by atoms with Crippen LogP contribution in [0.1, 0.15) is 12.8 Å². The number of hydrogen-bond acceptors (Lipinski definition) is 4. The first-order valence-corrected chi connectivity index (χ1v) is 6.85. The molecule has 4 heteroatoms. The van der Waals surface area contributed by atoms with Crippen LogP contribution in [0.2, 0.25) is 0 Å². The number of nitrogens with one attached hydrogen (secondary N) is 2. The lowest BCUT2D eigenvalue weighted by atomic mass is 9.98. The van der Waals surface area contributed by atoms with Gasteiger partial charge in [0.25, 0.3) is 0 Å². The smallest absolute Gasteiger partial charge is 0.181 e. The first-order valence-electron chi connectivity index (χ1n) is 6.85. The summed E-state index contributed by atoms with van der Waals surface area (Å²) in [7, 11) is 0. The zero-order valence-electron chi connectivity index (χ0n) is 10.9. The highest BCUT2D eigenvalue weighted by Gasteiger charge is 2.12. The van der Waals surface area contributed by atoms with Gasteiger partial charge >= 0.3 is 0 Å². The van der Waals surface area contributed by atoms with Gasteiger partial charge in [-0.3, -0.25) is 0 Å². The molecule has 0 radical (unpaired) electrons. The van der Waals surface area contributed by atoms with E-state index in [1.54, 1.807) is 6.20 Å². The van der Waals surface area contributed by atoms with Gasteiger partial charge in [-0.25, -0.2) is 4.98 Å². The third-order valence-corrected chi connectivity index (χ3v) is 3.63. The zero-order chi connectivity index (χ0) is 12.9. The van der Waals surface area contributed by atoms with E-state index in [0.717, 1.165) is 42.6 Å². The molecule has 0 spiro atoms. The van der Waals surface area contributed by atoms with E-state index >= 15 is 0 Å². The number of piperidine rings is 1. The van der Waals surface area contributed by atoms with Crippen LogP contribution in [0.5, 0.6) is 0 Å². The molecule has 0 bridgehead atoms. The van der Waals surface area contributed by atoms with Crippen molar-refractivity contribution < 1.29 is 4.42 Å². The maximum Gasteiger partial charge on any atom is 0.181 e. The summed E-state index contributed by atoms with van der Waals surface area (Å²) in [6.07, 6.45) is 5.72. The van der Waals surface area contributed by atoms with Gasteiger partial charge in [0.2, 0.25) is 0 Å². The van der Waals surface area contributed by atoms with Gasteiger partial charge in [-0.2, -0.15) is 0 Å². The number of aromatic nitrogens is 1. The van der Waals surface area contributed by atoms with Crippen molar-refractivity contribution in [1.82, 2.24) is 10.3 Å². The average molecular weight is 257 g/mol. The van der Waals surface area contributed by atoms with Gasteiger partial charge in [-0.15, -0.1) is 0 Å². The highest BCUT2D eigenvalue weighted by atomic mass is 16.3. The standard InChI is InChI=1S/C15H19N3O/c1-2-13(15-10-17-11-19-15)8-14(3-1)18-9-12-4-6-16-7-5-12/h1-3,8,10-12,16,18H,4-7,9H2. The van der Waals surface area contributed by atoms with Crippen LogP contribution in [0.15, 0.2) is 41.3 Å². The third kappa shape index (κ3) is 3.15. The van der Waals surface area contributed by atoms with E-state index in [1.165, 1.54) is 19.2 Å². The Morgan fingerprint density at radius 3 is 3.00 bits per heavy atom. The minimum atomic E-state index is 0.773. The van der Waals surface area contributed by atoms with Gasteiger partial charge in [0.15, 0.2) is 12.2 Å². The number of anilines is 1. The fraction of sp³-hybridized carbons (Fsp3) is 0.400. The highest BCUT2D eigenvalue weighted by molar-refractivity contribution is 5.63. The maximum atomic E-state index is 5.32. The van der Waals surface area contributed by atoms with E-state index in [9.17, 15) is 0 Å². The number of rotatable bonds is 4.